The number of nitrogens with zero attached hydrogens (tertiary/aromatic N) is 1. The molecule has 0 rings (SSSR count). The highest BCUT2D eigenvalue weighted by atomic mass is 31.1. The molecule has 0 N–H and O–H groups in total. The number of hydrogen-bond donors (Lipinski definition) is 0. The van der Waals surface area contributed by atoms with E-state index in [9.17, 15) is 0 Å². The van der Waals surface area contributed by atoms with E-state index in [0.29, 0.717) is 7.92 Å². The minimum absolute atomic E-state index is 0.324. The molecular weight excluding hydrogens is 213 g/mol. The fourth-order valence-electron chi connectivity index (χ4n) is 1.82. The molecule has 0 aliphatic carbocycles. The highest BCUT2D eigenvalue weighted by Crippen LogP contribution is 2.38. The Balaban J connectivity index is 3.52. The molecule has 0 heterocycles. The van der Waals surface area contributed by atoms with E-state index in [4.69, 9.17) is 5.26 Å². The third kappa shape index (κ3) is 10.4. The van der Waals surface area contributed by atoms with Gasteiger partial charge in [-0.2, -0.15) is 5.26 Å². The zero-order valence-corrected chi connectivity index (χ0v) is 12.1. The molecule has 1 nitrogen and oxygen atoms in total. The number of hydrogen-bond acceptors (Lipinski definition) is 1. The summed E-state index contributed by atoms with van der Waals surface area (Å²) in [5.41, 5.74) is 0. The summed E-state index contributed by atoms with van der Waals surface area (Å²) in [6.45, 7) is 4.58. The first-order valence-corrected chi connectivity index (χ1v) is 8.84. The van der Waals surface area contributed by atoms with E-state index in [2.05, 4.69) is 19.9 Å². The Kier molecular flexibility index (Phi) is 12.9. The summed E-state index contributed by atoms with van der Waals surface area (Å²) in [5.74, 6) is 0. The second kappa shape index (κ2) is 13.0. The van der Waals surface area contributed by atoms with Crippen molar-refractivity contribution >= 4 is 7.92 Å². The van der Waals surface area contributed by atoms with Crippen LogP contribution in [0.2, 0.25) is 0 Å². The van der Waals surface area contributed by atoms with Crippen LogP contribution in [0.15, 0.2) is 0 Å². The maximum atomic E-state index is 8.46. The first-order valence-electron chi connectivity index (χ1n) is 6.94. The molecule has 0 aromatic rings. The average molecular weight is 241 g/mol. The first kappa shape index (κ1) is 15.9. The van der Waals surface area contributed by atoms with E-state index in [1.807, 2.05) is 0 Å². The lowest BCUT2D eigenvalue weighted by Crippen LogP contribution is -1.96. The van der Waals surface area contributed by atoms with Gasteiger partial charge in [-0.05, 0) is 44.2 Å². The van der Waals surface area contributed by atoms with Crippen molar-refractivity contribution in [2.75, 3.05) is 18.5 Å². The average Bonchev–Trinajstić information content (AvgIpc) is 2.31. The van der Waals surface area contributed by atoms with Crippen molar-refractivity contribution in [1.82, 2.24) is 0 Å². The van der Waals surface area contributed by atoms with E-state index in [1.165, 1.54) is 57.0 Å². The number of rotatable bonds is 11. The van der Waals surface area contributed by atoms with Gasteiger partial charge in [-0.15, -0.1) is 7.92 Å². The Morgan fingerprint density at radius 1 is 0.812 bits per heavy atom. The van der Waals surface area contributed by atoms with Crippen LogP contribution in [-0.2, 0) is 0 Å². The molecule has 0 aromatic heterocycles. The van der Waals surface area contributed by atoms with Gasteiger partial charge < -0.3 is 0 Å². The lowest BCUT2D eigenvalue weighted by atomic mass is 10.2. The van der Waals surface area contributed by atoms with Gasteiger partial charge in [0.15, 0.2) is 0 Å². The number of unbranched alkanes of at least 4 members (excludes halogenated alkanes) is 5. The summed E-state index contributed by atoms with van der Waals surface area (Å²) in [6.07, 6.45) is 14.5. The van der Waals surface area contributed by atoms with Crippen LogP contribution in [0.5, 0.6) is 0 Å². The minimum atomic E-state index is 0.324. The largest absolute Gasteiger partial charge is 0.198 e. The molecule has 2 heteroatoms. The van der Waals surface area contributed by atoms with Crippen molar-refractivity contribution in [3.8, 4) is 6.07 Å². The molecular formula is C14H28NP. The maximum absolute atomic E-state index is 8.46. The van der Waals surface area contributed by atoms with Gasteiger partial charge in [0.05, 0.1) is 6.07 Å². The summed E-state index contributed by atoms with van der Waals surface area (Å²) < 4.78 is 0. The second-order valence-corrected chi connectivity index (χ2v) is 7.20. The lowest BCUT2D eigenvalue weighted by molar-refractivity contribution is 0.734. The monoisotopic (exact) mass is 241 g/mol. The lowest BCUT2D eigenvalue weighted by Gasteiger charge is -2.16. The fourth-order valence-corrected chi connectivity index (χ4v) is 4.68. The zero-order chi connectivity index (χ0) is 12.1. The molecule has 16 heavy (non-hydrogen) atoms. The molecule has 0 spiro atoms. The van der Waals surface area contributed by atoms with Gasteiger partial charge in [0.25, 0.3) is 0 Å². The van der Waals surface area contributed by atoms with Crippen molar-refractivity contribution in [3.63, 3.8) is 0 Å². The Morgan fingerprint density at radius 2 is 1.38 bits per heavy atom. The third-order valence-corrected chi connectivity index (χ3v) is 5.76. The van der Waals surface area contributed by atoms with Crippen LogP contribution in [-0.4, -0.2) is 18.5 Å². The van der Waals surface area contributed by atoms with Crippen LogP contribution in [0.25, 0.3) is 0 Å². The normalized spacial score (nSPS) is 10.6. The second-order valence-electron chi connectivity index (χ2n) is 4.52. The Morgan fingerprint density at radius 3 is 1.88 bits per heavy atom. The summed E-state index contributed by atoms with van der Waals surface area (Å²) in [4.78, 5) is 0. The van der Waals surface area contributed by atoms with Gasteiger partial charge in [-0.3, -0.25) is 0 Å². The highest BCUT2D eigenvalue weighted by molar-refractivity contribution is 7.57. The van der Waals surface area contributed by atoms with Crippen molar-refractivity contribution < 1.29 is 0 Å². The standard InChI is InChI=1S/C14H28NP/c1-3-5-12-16(13-6-4-2)14-10-8-7-9-11-15/h3-10,12-14H2,1-2H3. The smallest absolute Gasteiger partial charge is 0.0621 e. The molecule has 0 radical (unpaired) electrons. The van der Waals surface area contributed by atoms with Crippen LogP contribution in [0.4, 0.5) is 0 Å². The van der Waals surface area contributed by atoms with Crippen LogP contribution in [0, 0.1) is 11.3 Å². The van der Waals surface area contributed by atoms with E-state index >= 15 is 0 Å². The summed E-state index contributed by atoms with van der Waals surface area (Å²) in [5, 5.41) is 8.46. The van der Waals surface area contributed by atoms with Gasteiger partial charge in [-0.1, -0.05) is 33.1 Å². The van der Waals surface area contributed by atoms with E-state index in [-0.39, 0.29) is 0 Å². The Bertz CT molecular complexity index is 166. The van der Waals surface area contributed by atoms with Crippen LogP contribution >= 0.6 is 7.92 Å². The van der Waals surface area contributed by atoms with Crippen molar-refractivity contribution in [2.24, 2.45) is 0 Å². The molecule has 94 valence electrons. The van der Waals surface area contributed by atoms with E-state index in [1.54, 1.807) is 0 Å². The quantitative estimate of drug-likeness (QED) is 0.362. The van der Waals surface area contributed by atoms with Gasteiger partial charge in [0.2, 0.25) is 0 Å². The van der Waals surface area contributed by atoms with Gasteiger partial charge in [0.1, 0.15) is 0 Å². The summed E-state index contributed by atoms with van der Waals surface area (Å²) >= 11 is 0. The minimum Gasteiger partial charge on any atom is -0.198 e. The number of nitriles is 1. The van der Waals surface area contributed by atoms with Crippen LogP contribution in [0.3, 0.4) is 0 Å². The van der Waals surface area contributed by atoms with Gasteiger partial charge >= 0.3 is 0 Å². The van der Waals surface area contributed by atoms with E-state index in [0.717, 1.165) is 12.8 Å². The molecule has 0 saturated heterocycles. The molecule has 0 unspecified atom stereocenters. The van der Waals surface area contributed by atoms with E-state index < -0.39 is 0 Å². The highest BCUT2D eigenvalue weighted by Gasteiger charge is 2.06. The SMILES string of the molecule is CCCCP(CCCC)CCCCCC#N. The molecule has 0 aliphatic heterocycles. The third-order valence-electron chi connectivity index (χ3n) is 2.92. The molecule has 0 bridgehead atoms. The summed E-state index contributed by atoms with van der Waals surface area (Å²) in [7, 11) is 0.324. The van der Waals surface area contributed by atoms with Crippen molar-refractivity contribution in [3.05, 3.63) is 0 Å². The molecule has 0 aliphatic rings. The van der Waals surface area contributed by atoms with Gasteiger partial charge in [-0.25, -0.2) is 0 Å². The fraction of sp³-hybridized carbons (Fsp3) is 0.929. The maximum Gasteiger partial charge on any atom is 0.0621 e. The molecule has 0 amide bonds. The first-order chi connectivity index (χ1) is 7.85. The van der Waals surface area contributed by atoms with Gasteiger partial charge in [0, 0.05) is 6.42 Å². The molecule has 0 atom stereocenters. The molecule has 0 saturated carbocycles. The molecule has 0 fully saturated rings. The predicted octanol–water partition coefficient (Wildman–Crippen LogP) is 5.15. The Hall–Kier alpha value is -0.0800. The Labute approximate surface area is 103 Å². The zero-order valence-electron chi connectivity index (χ0n) is 11.2. The van der Waals surface area contributed by atoms with Crippen molar-refractivity contribution in [2.45, 2.75) is 65.2 Å². The van der Waals surface area contributed by atoms with Crippen LogP contribution < -0.4 is 0 Å². The predicted molar refractivity (Wildman–Crippen MR) is 75.4 cm³/mol. The summed E-state index contributed by atoms with van der Waals surface area (Å²) in [6, 6.07) is 2.23. The molecule has 0 aromatic carbocycles. The topological polar surface area (TPSA) is 23.8 Å². The van der Waals surface area contributed by atoms with Crippen molar-refractivity contribution in [1.29, 1.82) is 5.26 Å². The van der Waals surface area contributed by atoms with Crippen LogP contribution in [0.1, 0.15) is 65.2 Å².